The fraction of sp³-hybridized carbons (Fsp3) is 0.333. The van der Waals surface area contributed by atoms with Crippen molar-refractivity contribution in [1.29, 1.82) is 0 Å². The van der Waals surface area contributed by atoms with Gasteiger partial charge < -0.3 is 4.52 Å². The van der Waals surface area contributed by atoms with Crippen LogP contribution in [0.5, 0.6) is 5.75 Å². The molecule has 1 rings (SSSR count). The Balaban J connectivity index is 3.16. The first-order valence-electron chi connectivity index (χ1n) is 3.73. The highest BCUT2D eigenvalue weighted by atomic mass is 31.1. The van der Waals surface area contributed by atoms with E-state index in [1.165, 1.54) is 11.1 Å². The number of aryl methyl sites for hydroxylation is 1. The summed E-state index contributed by atoms with van der Waals surface area (Å²) in [6, 6.07) is 3.80. The quantitative estimate of drug-likeness (QED) is 0.656. The van der Waals surface area contributed by atoms with Gasteiger partial charge in [-0.1, -0.05) is 6.07 Å². The first kappa shape index (κ1) is 9.21. The second-order valence-corrected chi connectivity index (χ2v) is 3.13. The van der Waals surface area contributed by atoms with E-state index in [9.17, 15) is 4.57 Å². The average Bonchev–Trinajstić information content (AvgIpc) is 2.07. The Labute approximate surface area is 73.8 Å². The molecule has 0 heterocycles. The van der Waals surface area contributed by atoms with Crippen LogP contribution in [0.4, 0.5) is 0 Å². The van der Waals surface area contributed by atoms with Crippen molar-refractivity contribution in [3.63, 3.8) is 0 Å². The van der Waals surface area contributed by atoms with Gasteiger partial charge >= 0.3 is 8.69 Å². The third kappa shape index (κ3) is 1.64. The molecule has 0 aliphatic rings. The third-order valence-electron chi connectivity index (χ3n) is 2.14. The Kier molecular flexibility index (Phi) is 2.83. The van der Waals surface area contributed by atoms with Gasteiger partial charge in [-0.25, -0.2) is 4.57 Å². The van der Waals surface area contributed by atoms with Crippen molar-refractivity contribution in [2.75, 3.05) is 0 Å². The van der Waals surface area contributed by atoms with E-state index < -0.39 is 0 Å². The Morgan fingerprint density at radius 3 is 2.42 bits per heavy atom. The lowest BCUT2D eigenvalue weighted by Crippen LogP contribution is -1.88. The largest absolute Gasteiger partial charge is 0.407 e. The van der Waals surface area contributed by atoms with Crippen LogP contribution in [0, 0.1) is 20.8 Å². The Morgan fingerprint density at radius 2 is 1.83 bits per heavy atom. The van der Waals surface area contributed by atoms with Crippen molar-refractivity contribution in [3.05, 3.63) is 28.8 Å². The Hall–Kier alpha value is -0.880. The summed E-state index contributed by atoms with van der Waals surface area (Å²) in [6.07, 6.45) is 0. The van der Waals surface area contributed by atoms with Crippen LogP contribution in [-0.2, 0) is 4.57 Å². The van der Waals surface area contributed by atoms with E-state index in [4.69, 9.17) is 4.52 Å². The maximum Gasteiger partial charge on any atom is 0.395 e. The topological polar surface area (TPSA) is 26.3 Å². The minimum Gasteiger partial charge on any atom is -0.407 e. The fourth-order valence-corrected chi connectivity index (χ4v) is 1.35. The fourth-order valence-electron chi connectivity index (χ4n) is 1.07. The standard InChI is InChI=1S/C9H11O2P/c1-6-4-5-9(11-12-10)8(3)7(6)2/h4-5H,1-3H3. The van der Waals surface area contributed by atoms with Gasteiger partial charge in [0.05, 0.1) is 0 Å². The molecule has 0 N–H and O–H groups in total. The maximum absolute atomic E-state index is 10.2. The van der Waals surface area contributed by atoms with Gasteiger partial charge in [0.1, 0.15) is 5.75 Å². The molecule has 0 aliphatic carbocycles. The van der Waals surface area contributed by atoms with Crippen molar-refractivity contribution >= 4 is 8.69 Å². The molecule has 12 heavy (non-hydrogen) atoms. The van der Waals surface area contributed by atoms with Gasteiger partial charge in [-0.05, 0) is 43.5 Å². The first-order chi connectivity index (χ1) is 5.66. The first-order valence-corrected chi connectivity index (χ1v) is 4.46. The summed E-state index contributed by atoms with van der Waals surface area (Å²) in [7, 11) is -0.296. The van der Waals surface area contributed by atoms with Crippen molar-refractivity contribution in [2.45, 2.75) is 20.8 Å². The summed E-state index contributed by atoms with van der Waals surface area (Å²) in [5.74, 6) is 0.690. The van der Waals surface area contributed by atoms with Crippen molar-refractivity contribution in [2.24, 2.45) is 0 Å². The molecule has 0 bridgehead atoms. The van der Waals surface area contributed by atoms with Crippen molar-refractivity contribution in [1.82, 2.24) is 0 Å². The summed E-state index contributed by atoms with van der Waals surface area (Å²) < 4.78 is 15.1. The molecule has 1 aromatic carbocycles. The van der Waals surface area contributed by atoms with Crippen LogP contribution < -0.4 is 4.52 Å². The predicted molar refractivity (Wildman–Crippen MR) is 48.9 cm³/mol. The molecule has 0 fully saturated rings. The molecule has 0 atom stereocenters. The molecule has 0 spiro atoms. The lowest BCUT2D eigenvalue weighted by Gasteiger charge is -2.07. The van der Waals surface area contributed by atoms with Crippen molar-refractivity contribution < 1.29 is 9.09 Å². The van der Waals surface area contributed by atoms with E-state index in [1.807, 2.05) is 32.9 Å². The molecule has 0 radical (unpaired) electrons. The van der Waals surface area contributed by atoms with Crippen LogP contribution in [0.1, 0.15) is 16.7 Å². The average molecular weight is 182 g/mol. The summed E-state index contributed by atoms with van der Waals surface area (Å²) in [5, 5.41) is 0. The van der Waals surface area contributed by atoms with Crippen LogP contribution in [0.2, 0.25) is 0 Å². The molecule has 1 aromatic rings. The van der Waals surface area contributed by atoms with Gasteiger partial charge in [0.25, 0.3) is 0 Å². The molecule has 0 unspecified atom stereocenters. The lowest BCUT2D eigenvalue weighted by atomic mass is 10.0. The second kappa shape index (κ2) is 3.68. The smallest absolute Gasteiger partial charge is 0.395 e. The van der Waals surface area contributed by atoms with Crippen molar-refractivity contribution in [3.8, 4) is 5.75 Å². The van der Waals surface area contributed by atoms with E-state index in [2.05, 4.69) is 0 Å². The SMILES string of the molecule is Cc1ccc(OP=O)c(C)c1C. The van der Waals surface area contributed by atoms with E-state index >= 15 is 0 Å². The summed E-state index contributed by atoms with van der Waals surface area (Å²) in [5.41, 5.74) is 3.47. The highest BCUT2D eigenvalue weighted by Gasteiger charge is 2.03. The monoisotopic (exact) mass is 182 g/mol. The molecule has 0 saturated heterocycles. The summed E-state index contributed by atoms with van der Waals surface area (Å²) in [6.45, 7) is 6.03. The van der Waals surface area contributed by atoms with Gasteiger partial charge in [-0.15, -0.1) is 0 Å². The highest BCUT2D eigenvalue weighted by Crippen LogP contribution is 2.25. The maximum atomic E-state index is 10.2. The van der Waals surface area contributed by atoms with Crippen LogP contribution in [-0.4, -0.2) is 0 Å². The Bertz CT molecular complexity index is 308. The molecular formula is C9H11O2P. The van der Waals surface area contributed by atoms with Gasteiger partial charge in [-0.2, -0.15) is 0 Å². The normalized spacial score (nSPS) is 10.2. The summed E-state index contributed by atoms with van der Waals surface area (Å²) >= 11 is 0. The molecule has 2 nitrogen and oxygen atoms in total. The van der Waals surface area contributed by atoms with E-state index in [0.29, 0.717) is 5.75 Å². The molecule has 0 aromatic heterocycles. The number of hydrogen-bond acceptors (Lipinski definition) is 2. The lowest BCUT2D eigenvalue weighted by molar-refractivity contribution is 0.523. The molecular weight excluding hydrogens is 171 g/mol. The summed E-state index contributed by atoms with van der Waals surface area (Å²) in [4.78, 5) is 0. The third-order valence-corrected chi connectivity index (χ3v) is 2.42. The number of hydrogen-bond donors (Lipinski definition) is 0. The van der Waals surface area contributed by atoms with E-state index in [1.54, 1.807) is 0 Å². The zero-order valence-corrected chi connectivity index (χ0v) is 8.31. The Morgan fingerprint density at radius 1 is 1.17 bits per heavy atom. The molecule has 0 saturated carbocycles. The van der Waals surface area contributed by atoms with Crippen LogP contribution in [0.25, 0.3) is 0 Å². The molecule has 0 aliphatic heterocycles. The van der Waals surface area contributed by atoms with E-state index in [0.717, 1.165) is 5.56 Å². The molecule has 0 amide bonds. The number of benzene rings is 1. The number of rotatable bonds is 2. The second-order valence-electron chi connectivity index (χ2n) is 2.80. The zero-order chi connectivity index (χ0) is 9.14. The minimum absolute atomic E-state index is 0.296. The van der Waals surface area contributed by atoms with Gasteiger partial charge in [0.15, 0.2) is 0 Å². The van der Waals surface area contributed by atoms with Gasteiger partial charge in [0.2, 0.25) is 0 Å². The van der Waals surface area contributed by atoms with E-state index in [-0.39, 0.29) is 8.69 Å². The van der Waals surface area contributed by atoms with Crippen LogP contribution in [0.15, 0.2) is 12.1 Å². The van der Waals surface area contributed by atoms with Gasteiger partial charge in [-0.3, -0.25) is 0 Å². The van der Waals surface area contributed by atoms with Crippen LogP contribution >= 0.6 is 8.69 Å². The highest BCUT2D eigenvalue weighted by molar-refractivity contribution is 7.17. The van der Waals surface area contributed by atoms with Gasteiger partial charge in [0, 0.05) is 0 Å². The predicted octanol–water partition coefficient (Wildman–Crippen LogP) is 3.20. The minimum atomic E-state index is -0.296. The van der Waals surface area contributed by atoms with Crippen LogP contribution in [0.3, 0.4) is 0 Å². The zero-order valence-electron chi connectivity index (χ0n) is 7.42. The molecule has 64 valence electrons. The molecule has 3 heteroatoms.